The zero-order chi connectivity index (χ0) is 21.6. The van der Waals surface area contributed by atoms with Crippen LogP contribution in [0, 0.1) is 0 Å². The highest BCUT2D eigenvalue weighted by Crippen LogP contribution is 2.31. The van der Waals surface area contributed by atoms with E-state index in [1.807, 2.05) is 0 Å². The van der Waals surface area contributed by atoms with E-state index in [1.165, 1.54) is 23.2 Å². The first-order chi connectivity index (χ1) is 15.1. The van der Waals surface area contributed by atoms with Crippen molar-refractivity contribution in [1.29, 1.82) is 0 Å². The lowest BCUT2D eigenvalue weighted by Crippen LogP contribution is -2.44. The number of nitrogens with zero attached hydrogens (tertiary/aromatic N) is 2. The predicted molar refractivity (Wildman–Crippen MR) is 123 cm³/mol. The number of rotatable bonds is 7. The lowest BCUT2D eigenvalue weighted by molar-refractivity contribution is -0.123. The Morgan fingerprint density at radius 2 is 1.94 bits per heavy atom. The molecule has 2 heterocycles. The van der Waals surface area contributed by atoms with Crippen LogP contribution in [0.3, 0.4) is 0 Å². The van der Waals surface area contributed by atoms with Gasteiger partial charge in [0.2, 0.25) is 0 Å². The molecule has 1 fully saturated rings. The van der Waals surface area contributed by atoms with Crippen molar-refractivity contribution >= 4 is 23.2 Å². The number of nitrogens with one attached hydrogen (secondary N) is 1. The Labute approximate surface area is 189 Å². The number of aryl methyl sites for hydroxylation is 1. The highest BCUT2D eigenvalue weighted by atomic mass is 35.5. The number of halogens is 1. The largest absolute Gasteiger partial charge is 0.484 e. The van der Waals surface area contributed by atoms with E-state index in [1.54, 1.807) is 24.3 Å². The second kappa shape index (κ2) is 10.4. The van der Waals surface area contributed by atoms with Gasteiger partial charge in [0.25, 0.3) is 5.91 Å². The quantitative estimate of drug-likeness (QED) is 0.711. The van der Waals surface area contributed by atoms with Gasteiger partial charge in [-0.25, -0.2) is 0 Å². The highest BCUT2D eigenvalue weighted by molar-refractivity contribution is 6.30. The number of benzene rings is 2. The Morgan fingerprint density at radius 3 is 2.71 bits per heavy atom. The average molecular weight is 444 g/mol. The van der Waals surface area contributed by atoms with Crippen molar-refractivity contribution in [2.24, 2.45) is 0 Å². The van der Waals surface area contributed by atoms with Gasteiger partial charge in [-0.15, -0.1) is 0 Å². The lowest BCUT2D eigenvalue weighted by Gasteiger charge is -2.36. The zero-order valence-corrected chi connectivity index (χ0v) is 18.7. The summed E-state index contributed by atoms with van der Waals surface area (Å²) in [4.78, 5) is 17.2. The number of hydrogen-bond acceptors (Lipinski definition) is 5. The molecule has 1 atom stereocenters. The second-order valence-corrected chi connectivity index (χ2v) is 8.56. The topological polar surface area (TPSA) is 54.0 Å². The Balaban J connectivity index is 1.42. The smallest absolute Gasteiger partial charge is 0.258 e. The molecule has 0 aliphatic carbocycles. The Morgan fingerprint density at radius 1 is 1.16 bits per heavy atom. The zero-order valence-electron chi connectivity index (χ0n) is 18.0. The van der Waals surface area contributed by atoms with Crippen molar-refractivity contribution in [1.82, 2.24) is 10.2 Å². The molecule has 1 N–H and O–H groups in total. The van der Waals surface area contributed by atoms with Gasteiger partial charge in [-0.3, -0.25) is 9.69 Å². The molecule has 0 radical (unpaired) electrons. The van der Waals surface area contributed by atoms with Crippen LogP contribution < -0.4 is 15.0 Å². The van der Waals surface area contributed by atoms with Crippen LogP contribution in [0.2, 0.25) is 5.02 Å². The summed E-state index contributed by atoms with van der Waals surface area (Å²) in [5, 5.41) is 3.71. The summed E-state index contributed by atoms with van der Waals surface area (Å²) in [6.45, 7) is 4.78. The minimum Gasteiger partial charge on any atom is -0.484 e. The van der Waals surface area contributed by atoms with E-state index in [9.17, 15) is 4.79 Å². The summed E-state index contributed by atoms with van der Waals surface area (Å²) in [7, 11) is 2.15. The van der Waals surface area contributed by atoms with Crippen LogP contribution in [0.1, 0.15) is 23.6 Å². The van der Waals surface area contributed by atoms with Crippen molar-refractivity contribution in [2.45, 2.75) is 18.9 Å². The maximum absolute atomic E-state index is 12.5. The monoisotopic (exact) mass is 443 g/mol. The van der Waals surface area contributed by atoms with E-state index in [-0.39, 0.29) is 18.6 Å². The molecule has 4 rings (SSSR count). The molecule has 2 aromatic rings. The SMILES string of the molecule is CN1CCCc2cc([C@@H](CNC(=O)COc3ccc(Cl)cc3)N3CCOCC3)ccc21. The fraction of sp³-hybridized carbons (Fsp3) is 0.458. The molecule has 2 aliphatic rings. The number of fused-ring (bicyclic) bond motifs is 1. The van der Waals surface area contributed by atoms with Crippen LogP contribution in [0.15, 0.2) is 42.5 Å². The van der Waals surface area contributed by atoms with Gasteiger partial charge in [-0.05, 0) is 54.3 Å². The van der Waals surface area contributed by atoms with Crippen LogP contribution in [-0.4, -0.2) is 63.9 Å². The lowest BCUT2D eigenvalue weighted by atomic mass is 9.95. The normalized spacial score (nSPS) is 17.7. The minimum absolute atomic E-state index is 0.0214. The van der Waals surface area contributed by atoms with Crippen LogP contribution >= 0.6 is 11.6 Å². The Hall–Kier alpha value is -2.28. The molecule has 0 bridgehead atoms. The summed E-state index contributed by atoms with van der Waals surface area (Å²) in [6, 6.07) is 13.9. The maximum Gasteiger partial charge on any atom is 0.258 e. The molecule has 2 aromatic carbocycles. The molecule has 2 aliphatic heterocycles. The molecule has 166 valence electrons. The van der Waals surface area contributed by atoms with E-state index in [4.69, 9.17) is 21.1 Å². The van der Waals surface area contributed by atoms with Gasteiger partial charge in [0.1, 0.15) is 5.75 Å². The number of anilines is 1. The summed E-state index contributed by atoms with van der Waals surface area (Å²) >= 11 is 5.89. The van der Waals surface area contributed by atoms with Gasteiger partial charge in [-0.2, -0.15) is 0 Å². The van der Waals surface area contributed by atoms with E-state index in [0.29, 0.717) is 17.3 Å². The molecular weight excluding hydrogens is 414 g/mol. The third-order valence-corrected chi connectivity index (χ3v) is 6.25. The first-order valence-corrected chi connectivity index (χ1v) is 11.3. The molecule has 6 nitrogen and oxygen atoms in total. The highest BCUT2D eigenvalue weighted by Gasteiger charge is 2.25. The third kappa shape index (κ3) is 5.70. The van der Waals surface area contributed by atoms with Gasteiger partial charge >= 0.3 is 0 Å². The number of carbonyl (C=O) groups is 1. The summed E-state index contributed by atoms with van der Waals surface area (Å²) < 4.78 is 11.1. The Kier molecular flexibility index (Phi) is 7.33. The van der Waals surface area contributed by atoms with Gasteiger partial charge in [0.15, 0.2) is 6.61 Å². The van der Waals surface area contributed by atoms with Crippen molar-refractivity contribution < 1.29 is 14.3 Å². The van der Waals surface area contributed by atoms with Gasteiger partial charge in [-0.1, -0.05) is 23.7 Å². The van der Waals surface area contributed by atoms with E-state index >= 15 is 0 Å². The van der Waals surface area contributed by atoms with Gasteiger partial charge in [0.05, 0.1) is 19.3 Å². The maximum atomic E-state index is 12.5. The van der Waals surface area contributed by atoms with Crippen LogP contribution in [0.4, 0.5) is 5.69 Å². The fourth-order valence-corrected chi connectivity index (χ4v) is 4.43. The molecule has 31 heavy (non-hydrogen) atoms. The first-order valence-electron chi connectivity index (χ1n) is 10.9. The molecule has 0 aromatic heterocycles. The van der Waals surface area contributed by atoms with Crippen molar-refractivity contribution in [3.8, 4) is 5.75 Å². The van der Waals surface area contributed by atoms with Gasteiger partial charge in [0, 0.05) is 43.9 Å². The second-order valence-electron chi connectivity index (χ2n) is 8.12. The standard InChI is InChI=1S/C24H30ClN3O3/c1-27-10-2-3-18-15-19(4-9-22(18)27)23(28-11-13-30-14-12-28)16-26-24(29)17-31-21-7-5-20(25)6-8-21/h4-9,15,23H,2-3,10-14,16-17H2,1H3,(H,26,29)/t23-/m1/s1. The number of carbonyl (C=O) groups excluding carboxylic acids is 1. The summed E-state index contributed by atoms with van der Waals surface area (Å²) in [5.74, 6) is 0.494. The van der Waals surface area contributed by atoms with Crippen molar-refractivity contribution in [2.75, 3.05) is 57.9 Å². The molecule has 7 heteroatoms. The third-order valence-electron chi connectivity index (χ3n) is 6.00. The van der Waals surface area contributed by atoms with Crippen LogP contribution in [0.5, 0.6) is 5.75 Å². The van der Waals surface area contributed by atoms with Crippen LogP contribution in [0.25, 0.3) is 0 Å². The van der Waals surface area contributed by atoms with Crippen LogP contribution in [-0.2, 0) is 16.0 Å². The first kappa shape index (κ1) is 21.9. The number of hydrogen-bond donors (Lipinski definition) is 1. The van der Waals surface area contributed by atoms with Gasteiger partial charge < -0.3 is 19.7 Å². The Bertz CT molecular complexity index is 884. The molecule has 1 saturated heterocycles. The fourth-order valence-electron chi connectivity index (χ4n) is 4.30. The minimum atomic E-state index is -0.133. The van der Waals surface area contributed by atoms with E-state index < -0.39 is 0 Å². The molecular formula is C24H30ClN3O3. The summed E-state index contributed by atoms with van der Waals surface area (Å²) in [6.07, 6.45) is 2.28. The predicted octanol–water partition coefficient (Wildman–Crippen LogP) is 3.29. The average Bonchev–Trinajstić information content (AvgIpc) is 2.80. The number of ether oxygens (including phenoxy) is 2. The van der Waals surface area contributed by atoms with Crippen molar-refractivity contribution in [3.63, 3.8) is 0 Å². The molecule has 0 unspecified atom stereocenters. The summed E-state index contributed by atoms with van der Waals surface area (Å²) in [5.41, 5.74) is 3.95. The van der Waals surface area contributed by atoms with E-state index in [2.05, 4.69) is 40.4 Å². The molecule has 0 saturated carbocycles. The molecule has 0 spiro atoms. The number of morpholine rings is 1. The van der Waals surface area contributed by atoms with Crippen molar-refractivity contribution in [3.05, 3.63) is 58.6 Å². The number of amides is 1. The molecule has 1 amide bonds. The van der Waals surface area contributed by atoms with E-state index in [0.717, 1.165) is 39.3 Å².